The van der Waals surface area contributed by atoms with E-state index in [0.717, 1.165) is 11.8 Å². The summed E-state index contributed by atoms with van der Waals surface area (Å²) in [5, 5.41) is 0. The Hall–Kier alpha value is -0.780. The standard InChI is InChI=1S/C15H22/c1-12-3-7-14(8-4-12)11-15-9-5-13(2)6-10-15/h3-4,7-8,13,15H,5-6,9-11H2,1-2H3. The molecule has 1 aromatic carbocycles. The second kappa shape index (κ2) is 4.83. The van der Waals surface area contributed by atoms with E-state index in [9.17, 15) is 0 Å². The van der Waals surface area contributed by atoms with Gasteiger partial charge in [0.1, 0.15) is 0 Å². The Morgan fingerprint density at radius 3 is 2.20 bits per heavy atom. The third-order valence-corrected chi connectivity index (χ3v) is 3.78. The monoisotopic (exact) mass is 202 g/mol. The lowest BCUT2D eigenvalue weighted by Crippen LogP contribution is -2.14. The van der Waals surface area contributed by atoms with E-state index >= 15 is 0 Å². The highest BCUT2D eigenvalue weighted by Crippen LogP contribution is 2.30. The summed E-state index contributed by atoms with van der Waals surface area (Å²) in [6.45, 7) is 4.55. The maximum absolute atomic E-state index is 2.39. The number of hydrogen-bond acceptors (Lipinski definition) is 0. The van der Waals surface area contributed by atoms with E-state index in [1.165, 1.54) is 43.2 Å². The number of hydrogen-bond donors (Lipinski definition) is 0. The molecule has 0 N–H and O–H groups in total. The van der Waals surface area contributed by atoms with Crippen LogP contribution in [0.2, 0.25) is 0 Å². The zero-order valence-electron chi connectivity index (χ0n) is 10.00. The highest BCUT2D eigenvalue weighted by molar-refractivity contribution is 5.21. The van der Waals surface area contributed by atoms with E-state index < -0.39 is 0 Å². The van der Waals surface area contributed by atoms with Crippen LogP contribution in [0.3, 0.4) is 0 Å². The highest BCUT2D eigenvalue weighted by Gasteiger charge is 2.18. The van der Waals surface area contributed by atoms with E-state index in [-0.39, 0.29) is 0 Å². The summed E-state index contributed by atoms with van der Waals surface area (Å²) in [4.78, 5) is 0. The molecule has 15 heavy (non-hydrogen) atoms. The average molecular weight is 202 g/mol. The van der Waals surface area contributed by atoms with Crippen molar-refractivity contribution in [2.24, 2.45) is 11.8 Å². The van der Waals surface area contributed by atoms with Crippen molar-refractivity contribution < 1.29 is 0 Å². The third-order valence-electron chi connectivity index (χ3n) is 3.78. The Morgan fingerprint density at radius 1 is 1.00 bits per heavy atom. The predicted molar refractivity (Wildman–Crippen MR) is 66.0 cm³/mol. The van der Waals surface area contributed by atoms with Crippen LogP contribution in [-0.2, 0) is 6.42 Å². The minimum atomic E-state index is 0.948. The van der Waals surface area contributed by atoms with Crippen LogP contribution in [-0.4, -0.2) is 0 Å². The smallest absolute Gasteiger partial charge is 0.0250 e. The Balaban J connectivity index is 1.89. The first-order valence-electron chi connectivity index (χ1n) is 6.29. The molecule has 0 heteroatoms. The molecule has 0 unspecified atom stereocenters. The number of benzene rings is 1. The quantitative estimate of drug-likeness (QED) is 0.668. The van der Waals surface area contributed by atoms with Crippen molar-refractivity contribution in [2.75, 3.05) is 0 Å². The molecule has 1 aliphatic rings. The molecule has 0 radical (unpaired) electrons. The molecule has 1 saturated carbocycles. The lowest BCUT2D eigenvalue weighted by Gasteiger charge is -2.26. The molecular weight excluding hydrogens is 180 g/mol. The molecule has 1 fully saturated rings. The minimum Gasteiger partial charge on any atom is -0.0625 e. The summed E-state index contributed by atoms with van der Waals surface area (Å²) in [6, 6.07) is 9.07. The predicted octanol–water partition coefficient (Wildman–Crippen LogP) is 4.36. The summed E-state index contributed by atoms with van der Waals surface area (Å²) >= 11 is 0. The molecule has 0 spiro atoms. The fourth-order valence-electron chi connectivity index (χ4n) is 2.59. The van der Waals surface area contributed by atoms with Crippen molar-refractivity contribution in [3.63, 3.8) is 0 Å². The van der Waals surface area contributed by atoms with Gasteiger partial charge in [-0.15, -0.1) is 0 Å². The molecule has 82 valence electrons. The first-order chi connectivity index (χ1) is 7.24. The van der Waals surface area contributed by atoms with Gasteiger partial charge in [-0.2, -0.15) is 0 Å². The maximum atomic E-state index is 2.39. The van der Waals surface area contributed by atoms with E-state index in [0.29, 0.717) is 0 Å². The molecule has 0 amide bonds. The Kier molecular flexibility index (Phi) is 3.45. The second-order valence-corrected chi connectivity index (χ2v) is 5.32. The summed E-state index contributed by atoms with van der Waals surface area (Å²) < 4.78 is 0. The molecule has 0 atom stereocenters. The van der Waals surface area contributed by atoms with E-state index in [4.69, 9.17) is 0 Å². The number of rotatable bonds is 2. The second-order valence-electron chi connectivity index (χ2n) is 5.32. The van der Waals surface area contributed by atoms with Crippen LogP contribution in [0, 0.1) is 18.8 Å². The van der Waals surface area contributed by atoms with E-state index in [2.05, 4.69) is 38.1 Å². The summed E-state index contributed by atoms with van der Waals surface area (Å²) in [5.41, 5.74) is 2.90. The van der Waals surface area contributed by atoms with Gasteiger partial charge in [0, 0.05) is 0 Å². The number of aryl methyl sites for hydroxylation is 1. The highest BCUT2D eigenvalue weighted by atomic mass is 14.2. The van der Waals surface area contributed by atoms with Crippen LogP contribution in [0.1, 0.15) is 43.7 Å². The summed E-state index contributed by atoms with van der Waals surface area (Å²) in [7, 11) is 0. The fraction of sp³-hybridized carbons (Fsp3) is 0.600. The lowest BCUT2D eigenvalue weighted by molar-refractivity contribution is 0.289. The van der Waals surface area contributed by atoms with Crippen LogP contribution in [0.4, 0.5) is 0 Å². The Labute approximate surface area is 93.7 Å². The minimum absolute atomic E-state index is 0.948. The van der Waals surface area contributed by atoms with Gasteiger partial charge in [-0.05, 0) is 43.6 Å². The topological polar surface area (TPSA) is 0 Å². The van der Waals surface area contributed by atoms with Gasteiger partial charge in [0.2, 0.25) is 0 Å². The SMILES string of the molecule is Cc1ccc(CC2CCC(C)CC2)cc1. The molecular formula is C15H22. The average Bonchev–Trinajstić information content (AvgIpc) is 2.25. The molecule has 0 nitrogen and oxygen atoms in total. The molecule has 0 aromatic heterocycles. The molecule has 0 aliphatic heterocycles. The fourth-order valence-corrected chi connectivity index (χ4v) is 2.59. The Morgan fingerprint density at radius 2 is 1.60 bits per heavy atom. The van der Waals surface area contributed by atoms with E-state index in [1.807, 2.05) is 0 Å². The first kappa shape index (κ1) is 10.7. The third kappa shape index (κ3) is 3.09. The molecule has 1 aliphatic carbocycles. The van der Waals surface area contributed by atoms with Crippen molar-refractivity contribution in [3.05, 3.63) is 35.4 Å². The van der Waals surface area contributed by atoms with Crippen LogP contribution in [0.5, 0.6) is 0 Å². The van der Waals surface area contributed by atoms with E-state index in [1.54, 1.807) is 0 Å². The molecule has 1 aromatic rings. The molecule has 0 heterocycles. The Bertz CT molecular complexity index is 288. The van der Waals surface area contributed by atoms with Gasteiger partial charge >= 0.3 is 0 Å². The van der Waals surface area contributed by atoms with Crippen molar-refractivity contribution in [1.82, 2.24) is 0 Å². The van der Waals surface area contributed by atoms with Gasteiger partial charge in [-0.1, -0.05) is 49.6 Å². The van der Waals surface area contributed by atoms with Crippen molar-refractivity contribution >= 4 is 0 Å². The lowest BCUT2D eigenvalue weighted by atomic mass is 9.80. The molecule has 0 bridgehead atoms. The van der Waals surface area contributed by atoms with Crippen molar-refractivity contribution in [3.8, 4) is 0 Å². The zero-order valence-corrected chi connectivity index (χ0v) is 10.00. The van der Waals surface area contributed by atoms with Gasteiger partial charge in [-0.3, -0.25) is 0 Å². The molecule has 0 saturated heterocycles. The van der Waals surface area contributed by atoms with Gasteiger partial charge < -0.3 is 0 Å². The zero-order chi connectivity index (χ0) is 10.7. The summed E-state index contributed by atoms with van der Waals surface area (Å²) in [6.07, 6.45) is 7.06. The van der Waals surface area contributed by atoms with Crippen LogP contribution >= 0.6 is 0 Å². The van der Waals surface area contributed by atoms with Crippen LogP contribution in [0.25, 0.3) is 0 Å². The van der Waals surface area contributed by atoms with Gasteiger partial charge in [0.25, 0.3) is 0 Å². The van der Waals surface area contributed by atoms with Gasteiger partial charge in [-0.25, -0.2) is 0 Å². The van der Waals surface area contributed by atoms with Gasteiger partial charge in [0.15, 0.2) is 0 Å². The van der Waals surface area contributed by atoms with Crippen LogP contribution in [0.15, 0.2) is 24.3 Å². The largest absolute Gasteiger partial charge is 0.0625 e. The maximum Gasteiger partial charge on any atom is -0.0250 e. The summed E-state index contributed by atoms with van der Waals surface area (Å²) in [5.74, 6) is 1.92. The normalized spacial score (nSPS) is 26.5. The molecule has 2 rings (SSSR count). The first-order valence-corrected chi connectivity index (χ1v) is 6.29. The van der Waals surface area contributed by atoms with Crippen LogP contribution < -0.4 is 0 Å². The van der Waals surface area contributed by atoms with Crippen molar-refractivity contribution in [1.29, 1.82) is 0 Å². The van der Waals surface area contributed by atoms with Gasteiger partial charge in [0.05, 0.1) is 0 Å². The van der Waals surface area contributed by atoms with Crippen molar-refractivity contribution in [2.45, 2.75) is 46.0 Å².